The molecule has 0 unspecified atom stereocenters. The van der Waals surface area contributed by atoms with Gasteiger partial charge in [0, 0.05) is 11.3 Å². The number of ether oxygens (including phenoxy) is 1. The van der Waals surface area contributed by atoms with Gasteiger partial charge in [-0.2, -0.15) is 18.4 Å². The Balaban J connectivity index is 1.79. The maximum atomic E-state index is 13.4. The number of nitriles is 1. The Bertz CT molecular complexity index is 1310. The minimum absolute atomic E-state index is 0.289. The van der Waals surface area contributed by atoms with Gasteiger partial charge in [-0.1, -0.05) is 36.0 Å². The molecule has 0 bridgehead atoms. The van der Waals surface area contributed by atoms with Gasteiger partial charge in [0.15, 0.2) is 11.0 Å². The molecule has 0 saturated heterocycles. The van der Waals surface area contributed by atoms with E-state index in [-0.39, 0.29) is 5.69 Å². The molecule has 9 heteroatoms. The Morgan fingerprint density at radius 3 is 2.45 bits per heavy atom. The number of rotatable bonds is 6. The molecule has 0 spiro atoms. The molecule has 0 N–H and O–H groups in total. The molecular weight excluding hydrogens is 449 g/mol. The van der Waals surface area contributed by atoms with Crippen molar-refractivity contribution in [2.75, 3.05) is 7.11 Å². The predicted molar refractivity (Wildman–Crippen MR) is 119 cm³/mol. The molecule has 4 aromatic rings. The number of alkyl halides is 3. The highest BCUT2D eigenvalue weighted by Gasteiger charge is 2.31. The number of aromatic nitrogens is 3. The van der Waals surface area contributed by atoms with Crippen molar-refractivity contribution in [3.63, 3.8) is 0 Å². The van der Waals surface area contributed by atoms with Crippen LogP contribution in [0.3, 0.4) is 0 Å². The third-order valence-corrected chi connectivity index (χ3v) is 5.89. The SMILES string of the molecule is COc1ccc(-c2nnc(SCc3ccccc3C#N)n2-c2cccc(C(F)(F)F)c2)cc1. The van der Waals surface area contributed by atoms with Crippen LogP contribution in [-0.2, 0) is 11.9 Å². The fourth-order valence-corrected chi connectivity index (χ4v) is 4.20. The smallest absolute Gasteiger partial charge is 0.416 e. The number of hydrogen-bond acceptors (Lipinski definition) is 5. The Kier molecular flexibility index (Phi) is 6.38. The molecule has 0 atom stereocenters. The van der Waals surface area contributed by atoms with Gasteiger partial charge in [0.05, 0.1) is 30.0 Å². The zero-order valence-electron chi connectivity index (χ0n) is 17.4. The van der Waals surface area contributed by atoms with Crippen LogP contribution in [0, 0.1) is 11.3 Å². The lowest BCUT2D eigenvalue weighted by molar-refractivity contribution is -0.137. The monoisotopic (exact) mass is 466 g/mol. The molecule has 0 aliphatic carbocycles. The fraction of sp³-hybridized carbons (Fsp3) is 0.125. The van der Waals surface area contributed by atoms with E-state index in [9.17, 15) is 18.4 Å². The summed E-state index contributed by atoms with van der Waals surface area (Å²) in [6.07, 6.45) is -4.48. The highest BCUT2D eigenvalue weighted by Crippen LogP contribution is 2.34. The van der Waals surface area contributed by atoms with Crippen LogP contribution in [0.2, 0.25) is 0 Å². The second-order valence-corrected chi connectivity index (χ2v) is 7.92. The van der Waals surface area contributed by atoms with E-state index >= 15 is 0 Å². The van der Waals surface area contributed by atoms with Crippen molar-refractivity contribution in [2.24, 2.45) is 0 Å². The van der Waals surface area contributed by atoms with Crippen molar-refractivity contribution >= 4 is 11.8 Å². The van der Waals surface area contributed by atoms with Crippen molar-refractivity contribution in [2.45, 2.75) is 17.1 Å². The number of nitrogens with zero attached hydrogens (tertiary/aromatic N) is 4. The Morgan fingerprint density at radius 2 is 1.76 bits per heavy atom. The lowest BCUT2D eigenvalue weighted by Gasteiger charge is -2.13. The second kappa shape index (κ2) is 9.38. The Labute approximate surface area is 192 Å². The summed E-state index contributed by atoms with van der Waals surface area (Å²) in [7, 11) is 1.55. The quantitative estimate of drug-likeness (QED) is 0.320. The molecule has 0 aliphatic rings. The molecule has 0 aliphatic heterocycles. The van der Waals surface area contributed by atoms with Crippen LogP contribution < -0.4 is 4.74 Å². The second-order valence-electron chi connectivity index (χ2n) is 6.98. The van der Waals surface area contributed by atoms with Crippen LogP contribution in [0.4, 0.5) is 13.2 Å². The molecule has 5 nitrogen and oxygen atoms in total. The molecule has 0 amide bonds. The van der Waals surface area contributed by atoms with Gasteiger partial charge < -0.3 is 4.74 Å². The maximum absolute atomic E-state index is 13.4. The third-order valence-electron chi connectivity index (χ3n) is 4.91. The van der Waals surface area contributed by atoms with E-state index in [1.54, 1.807) is 54.1 Å². The van der Waals surface area contributed by atoms with Crippen molar-refractivity contribution in [3.05, 3.63) is 89.5 Å². The highest BCUT2D eigenvalue weighted by atomic mass is 32.2. The normalized spacial score (nSPS) is 11.2. The first-order valence-corrected chi connectivity index (χ1v) is 10.8. The molecule has 33 heavy (non-hydrogen) atoms. The van der Waals surface area contributed by atoms with Crippen LogP contribution in [-0.4, -0.2) is 21.9 Å². The summed E-state index contributed by atoms with van der Waals surface area (Å²) < 4.78 is 46.9. The van der Waals surface area contributed by atoms with E-state index in [1.165, 1.54) is 17.8 Å². The molecule has 1 heterocycles. The number of methoxy groups -OCH3 is 1. The summed E-state index contributed by atoms with van der Waals surface area (Å²) >= 11 is 1.29. The fourth-order valence-electron chi connectivity index (χ4n) is 3.24. The predicted octanol–water partition coefficient (Wildman–Crippen LogP) is 6.13. The molecule has 0 saturated carbocycles. The van der Waals surface area contributed by atoms with E-state index in [4.69, 9.17) is 4.74 Å². The van der Waals surface area contributed by atoms with E-state index in [0.29, 0.717) is 33.6 Å². The maximum Gasteiger partial charge on any atom is 0.416 e. The zero-order chi connectivity index (χ0) is 23.4. The summed E-state index contributed by atoms with van der Waals surface area (Å²) in [4.78, 5) is 0. The summed E-state index contributed by atoms with van der Waals surface area (Å²) in [6.45, 7) is 0. The number of halogens is 3. The van der Waals surface area contributed by atoms with Crippen LogP contribution in [0.15, 0.2) is 78.0 Å². The van der Waals surface area contributed by atoms with Gasteiger partial charge in [-0.05, 0) is 54.1 Å². The van der Waals surface area contributed by atoms with E-state index in [1.807, 2.05) is 12.1 Å². The van der Waals surface area contributed by atoms with Crippen molar-refractivity contribution < 1.29 is 17.9 Å². The highest BCUT2D eigenvalue weighted by molar-refractivity contribution is 7.98. The first-order chi connectivity index (χ1) is 15.9. The molecule has 0 fully saturated rings. The van der Waals surface area contributed by atoms with Crippen LogP contribution >= 0.6 is 11.8 Å². The largest absolute Gasteiger partial charge is 0.497 e. The molecule has 3 aromatic carbocycles. The van der Waals surface area contributed by atoms with Gasteiger partial charge in [-0.15, -0.1) is 10.2 Å². The van der Waals surface area contributed by atoms with Gasteiger partial charge in [-0.3, -0.25) is 4.57 Å². The third kappa shape index (κ3) is 4.86. The van der Waals surface area contributed by atoms with Crippen LogP contribution in [0.25, 0.3) is 17.1 Å². The average molecular weight is 466 g/mol. The first-order valence-electron chi connectivity index (χ1n) is 9.79. The molecule has 1 aromatic heterocycles. The van der Waals surface area contributed by atoms with Gasteiger partial charge >= 0.3 is 6.18 Å². The molecule has 166 valence electrons. The lowest BCUT2D eigenvalue weighted by Crippen LogP contribution is -2.07. The number of benzene rings is 3. The Hall–Kier alpha value is -3.77. The van der Waals surface area contributed by atoms with Crippen molar-refractivity contribution in [1.82, 2.24) is 14.8 Å². The molecular formula is C24H17F3N4OS. The van der Waals surface area contributed by atoms with Gasteiger partial charge in [-0.25, -0.2) is 0 Å². The minimum atomic E-state index is -4.48. The zero-order valence-corrected chi connectivity index (χ0v) is 18.2. The van der Waals surface area contributed by atoms with Gasteiger partial charge in [0.1, 0.15) is 5.75 Å². The van der Waals surface area contributed by atoms with E-state index < -0.39 is 11.7 Å². The van der Waals surface area contributed by atoms with Gasteiger partial charge in [0.2, 0.25) is 0 Å². The number of thioether (sulfide) groups is 1. The minimum Gasteiger partial charge on any atom is -0.497 e. The van der Waals surface area contributed by atoms with E-state index in [2.05, 4.69) is 16.3 Å². The van der Waals surface area contributed by atoms with E-state index in [0.717, 1.165) is 17.7 Å². The Morgan fingerprint density at radius 1 is 1.00 bits per heavy atom. The van der Waals surface area contributed by atoms with Gasteiger partial charge in [0.25, 0.3) is 0 Å². The summed E-state index contributed by atoms with van der Waals surface area (Å²) in [6, 6.07) is 21.4. The first kappa shape index (κ1) is 22.4. The standard InChI is InChI=1S/C24H17F3N4OS/c1-32-21-11-9-16(10-12-21)22-29-30-23(33-15-18-6-3-2-5-17(18)14-28)31(22)20-8-4-7-19(13-20)24(25,26)27/h2-13H,15H2,1H3. The summed E-state index contributed by atoms with van der Waals surface area (Å²) in [5.74, 6) is 1.45. The average Bonchev–Trinajstić information content (AvgIpc) is 3.26. The van der Waals surface area contributed by atoms with Crippen LogP contribution in [0.1, 0.15) is 16.7 Å². The molecule has 4 rings (SSSR count). The summed E-state index contributed by atoms with van der Waals surface area (Å²) in [5.41, 5.74) is 1.53. The lowest BCUT2D eigenvalue weighted by atomic mass is 10.1. The van der Waals surface area contributed by atoms with Crippen molar-refractivity contribution in [1.29, 1.82) is 5.26 Å². The number of hydrogen-bond donors (Lipinski definition) is 0. The molecule has 0 radical (unpaired) electrons. The van der Waals surface area contributed by atoms with Crippen molar-refractivity contribution in [3.8, 4) is 28.9 Å². The summed E-state index contributed by atoms with van der Waals surface area (Å²) in [5, 5.41) is 18.3. The van der Waals surface area contributed by atoms with Crippen LogP contribution in [0.5, 0.6) is 5.75 Å². The topological polar surface area (TPSA) is 63.7 Å².